The van der Waals surface area contributed by atoms with Gasteiger partial charge in [0.15, 0.2) is 4.96 Å². The van der Waals surface area contributed by atoms with E-state index in [1.54, 1.807) is 10.5 Å². The van der Waals surface area contributed by atoms with Crippen LogP contribution >= 0.6 is 23.1 Å². The molecule has 0 radical (unpaired) electrons. The maximum Gasteiger partial charge on any atom is 0.258 e. The van der Waals surface area contributed by atoms with Crippen LogP contribution in [0, 0.1) is 6.92 Å². The predicted molar refractivity (Wildman–Crippen MR) is 83.5 cm³/mol. The van der Waals surface area contributed by atoms with Crippen molar-refractivity contribution in [1.29, 1.82) is 0 Å². The molecule has 2 heterocycles. The molecule has 2 aromatic rings. The molecule has 2 aromatic heterocycles. The zero-order valence-electron chi connectivity index (χ0n) is 11.5. The number of thiazole rings is 1. The van der Waals surface area contributed by atoms with Gasteiger partial charge >= 0.3 is 0 Å². The van der Waals surface area contributed by atoms with E-state index in [4.69, 9.17) is 0 Å². The third-order valence-corrected chi connectivity index (χ3v) is 4.59. The highest BCUT2D eigenvalue weighted by molar-refractivity contribution is 7.99. The monoisotopic (exact) mass is 311 g/mol. The number of carbonyl (C=O) groups excluding carboxylic acids is 1. The molecule has 0 saturated carbocycles. The van der Waals surface area contributed by atoms with Crippen molar-refractivity contribution in [2.45, 2.75) is 26.0 Å². The van der Waals surface area contributed by atoms with Crippen LogP contribution in [-0.4, -0.2) is 27.6 Å². The predicted octanol–water partition coefficient (Wildman–Crippen LogP) is 1.82. The number of hydrogen-bond donors (Lipinski definition) is 1. The summed E-state index contributed by atoms with van der Waals surface area (Å²) in [7, 11) is 0. The molecule has 0 aliphatic heterocycles. The summed E-state index contributed by atoms with van der Waals surface area (Å²) in [5, 5.41) is 4.73. The molecule has 0 fully saturated rings. The first-order valence-corrected chi connectivity index (χ1v) is 8.46. The number of hydrogen-bond acceptors (Lipinski definition) is 5. The van der Waals surface area contributed by atoms with Gasteiger partial charge in [-0.1, -0.05) is 6.92 Å². The third kappa shape index (κ3) is 3.61. The quantitative estimate of drug-likeness (QED) is 0.884. The van der Waals surface area contributed by atoms with Crippen LogP contribution in [0.3, 0.4) is 0 Å². The second-order valence-electron chi connectivity index (χ2n) is 4.42. The van der Waals surface area contributed by atoms with Crippen molar-refractivity contribution in [2.75, 3.05) is 12.3 Å². The number of aryl methyl sites for hydroxylation is 1. The third-order valence-electron chi connectivity index (χ3n) is 2.68. The fourth-order valence-corrected chi connectivity index (χ4v) is 3.38. The molecule has 2 rings (SSSR count). The fourth-order valence-electron chi connectivity index (χ4n) is 1.74. The number of fused-ring (bicyclic) bond motifs is 1. The normalized spacial score (nSPS) is 10.9. The Morgan fingerprint density at radius 1 is 1.55 bits per heavy atom. The van der Waals surface area contributed by atoms with Gasteiger partial charge in [0.25, 0.3) is 5.56 Å². The minimum atomic E-state index is -0.0558. The van der Waals surface area contributed by atoms with Crippen molar-refractivity contribution in [1.82, 2.24) is 14.7 Å². The number of nitrogens with zero attached hydrogens (tertiary/aromatic N) is 2. The van der Waals surface area contributed by atoms with E-state index in [9.17, 15) is 9.59 Å². The van der Waals surface area contributed by atoms with Crippen LogP contribution in [0.15, 0.2) is 16.2 Å². The van der Waals surface area contributed by atoms with Gasteiger partial charge in [-0.25, -0.2) is 4.98 Å². The maximum atomic E-state index is 12.0. The van der Waals surface area contributed by atoms with Crippen molar-refractivity contribution in [2.24, 2.45) is 0 Å². The van der Waals surface area contributed by atoms with Crippen LogP contribution in [0.5, 0.6) is 0 Å². The standard InChI is InChI=1S/C13H17N3O2S2/c1-3-4-14-11(17)8-19-7-10-5-12(18)16-9(2)6-20-13(16)15-10/h5-6H,3-4,7-8H2,1-2H3,(H,14,17). The van der Waals surface area contributed by atoms with Gasteiger partial charge in [-0.15, -0.1) is 23.1 Å². The Bertz CT molecular complexity index is 663. The molecule has 0 aliphatic carbocycles. The molecule has 0 aromatic carbocycles. The van der Waals surface area contributed by atoms with Gasteiger partial charge < -0.3 is 5.32 Å². The molecule has 0 saturated heterocycles. The number of rotatable bonds is 6. The zero-order valence-corrected chi connectivity index (χ0v) is 13.1. The number of aromatic nitrogens is 2. The molecule has 0 atom stereocenters. The van der Waals surface area contributed by atoms with E-state index in [0.29, 0.717) is 23.0 Å². The Hall–Kier alpha value is -1.34. The molecule has 0 aliphatic rings. The second-order valence-corrected chi connectivity index (χ2v) is 6.25. The number of thioether (sulfide) groups is 1. The summed E-state index contributed by atoms with van der Waals surface area (Å²) in [6, 6.07) is 1.55. The van der Waals surface area contributed by atoms with E-state index < -0.39 is 0 Å². The summed E-state index contributed by atoms with van der Waals surface area (Å²) in [6.45, 7) is 4.61. The minimum Gasteiger partial charge on any atom is -0.355 e. The van der Waals surface area contributed by atoms with Crippen LogP contribution in [-0.2, 0) is 10.5 Å². The summed E-state index contributed by atoms with van der Waals surface area (Å²) < 4.78 is 1.60. The average Bonchev–Trinajstić information content (AvgIpc) is 2.78. The van der Waals surface area contributed by atoms with E-state index in [0.717, 1.165) is 17.8 Å². The zero-order chi connectivity index (χ0) is 14.5. The van der Waals surface area contributed by atoms with E-state index in [2.05, 4.69) is 10.3 Å². The van der Waals surface area contributed by atoms with Crippen molar-refractivity contribution in [3.63, 3.8) is 0 Å². The molecular weight excluding hydrogens is 294 g/mol. The van der Waals surface area contributed by atoms with Gasteiger partial charge in [0, 0.05) is 29.4 Å². The molecule has 0 unspecified atom stereocenters. The Balaban J connectivity index is 1.97. The van der Waals surface area contributed by atoms with Crippen molar-refractivity contribution in [3.05, 3.63) is 33.2 Å². The molecular formula is C13H17N3O2S2. The van der Waals surface area contributed by atoms with Crippen LogP contribution < -0.4 is 10.9 Å². The Morgan fingerprint density at radius 3 is 3.10 bits per heavy atom. The molecule has 1 N–H and O–H groups in total. The first-order chi connectivity index (χ1) is 9.61. The smallest absolute Gasteiger partial charge is 0.258 e. The van der Waals surface area contributed by atoms with Gasteiger partial charge in [0.05, 0.1) is 11.4 Å². The molecule has 7 heteroatoms. The minimum absolute atomic E-state index is 0.0293. The summed E-state index contributed by atoms with van der Waals surface area (Å²) in [4.78, 5) is 28.6. The SMILES string of the molecule is CCCNC(=O)CSCc1cc(=O)n2c(C)csc2n1. The Morgan fingerprint density at radius 2 is 2.35 bits per heavy atom. The molecule has 5 nitrogen and oxygen atoms in total. The highest BCUT2D eigenvalue weighted by Crippen LogP contribution is 2.14. The van der Waals surface area contributed by atoms with Crippen molar-refractivity contribution in [3.8, 4) is 0 Å². The first kappa shape index (κ1) is 15.1. The van der Waals surface area contributed by atoms with Gasteiger partial charge in [0.2, 0.25) is 5.91 Å². The molecule has 20 heavy (non-hydrogen) atoms. The topological polar surface area (TPSA) is 63.5 Å². The van der Waals surface area contributed by atoms with Crippen LogP contribution in [0.25, 0.3) is 4.96 Å². The van der Waals surface area contributed by atoms with Crippen LogP contribution in [0.1, 0.15) is 24.7 Å². The lowest BCUT2D eigenvalue weighted by Gasteiger charge is -2.03. The van der Waals surface area contributed by atoms with Crippen molar-refractivity contribution >= 4 is 34.0 Å². The average molecular weight is 311 g/mol. The van der Waals surface area contributed by atoms with Crippen LogP contribution in [0.4, 0.5) is 0 Å². The lowest BCUT2D eigenvalue weighted by Crippen LogP contribution is -2.25. The number of carbonyl (C=O) groups is 1. The van der Waals surface area contributed by atoms with Crippen molar-refractivity contribution < 1.29 is 4.79 Å². The van der Waals surface area contributed by atoms with Gasteiger partial charge in [-0.2, -0.15) is 0 Å². The highest BCUT2D eigenvalue weighted by atomic mass is 32.2. The molecule has 0 spiro atoms. The van der Waals surface area contributed by atoms with Crippen LogP contribution in [0.2, 0.25) is 0 Å². The van der Waals surface area contributed by atoms with Gasteiger partial charge in [0.1, 0.15) is 0 Å². The fraction of sp³-hybridized carbons (Fsp3) is 0.462. The molecule has 0 bridgehead atoms. The van der Waals surface area contributed by atoms with Gasteiger partial charge in [-0.05, 0) is 13.3 Å². The Kier molecular flexibility index (Phi) is 5.19. The largest absolute Gasteiger partial charge is 0.355 e. The summed E-state index contributed by atoms with van der Waals surface area (Å²) in [6.07, 6.45) is 0.934. The summed E-state index contributed by atoms with van der Waals surface area (Å²) >= 11 is 2.93. The van der Waals surface area contributed by atoms with Gasteiger partial charge in [-0.3, -0.25) is 14.0 Å². The highest BCUT2D eigenvalue weighted by Gasteiger charge is 2.07. The molecule has 108 valence electrons. The van der Waals surface area contributed by atoms with E-state index in [1.165, 1.54) is 23.1 Å². The van der Waals surface area contributed by atoms with E-state index in [-0.39, 0.29) is 11.5 Å². The lowest BCUT2D eigenvalue weighted by molar-refractivity contribution is -0.118. The molecule has 1 amide bonds. The summed E-state index contributed by atoms with van der Waals surface area (Å²) in [5.41, 5.74) is 1.57. The summed E-state index contributed by atoms with van der Waals surface area (Å²) in [5.74, 6) is 0.994. The van der Waals surface area contributed by atoms with E-state index >= 15 is 0 Å². The lowest BCUT2D eigenvalue weighted by atomic mass is 10.4. The second kappa shape index (κ2) is 6.90. The first-order valence-electron chi connectivity index (χ1n) is 6.43. The number of amides is 1. The maximum absolute atomic E-state index is 12.0. The number of nitrogens with one attached hydrogen (secondary N) is 1. The Labute approximate surface area is 125 Å². The van der Waals surface area contributed by atoms with E-state index in [1.807, 2.05) is 19.2 Å².